The minimum absolute atomic E-state index is 0.741. The zero-order valence-corrected chi connectivity index (χ0v) is 8.61. The van der Waals surface area contributed by atoms with E-state index in [4.69, 9.17) is 0 Å². The van der Waals surface area contributed by atoms with E-state index in [1.807, 2.05) is 6.07 Å². The average molecular weight is 198 g/mol. The van der Waals surface area contributed by atoms with Gasteiger partial charge in [-0.1, -0.05) is 30.3 Å². The molecule has 1 N–H and O–H groups in total. The summed E-state index contributed by atoms with van der Waals surface area (Å²) in [5.74, 6) is 0.741. The highest BCUT2D eigenvalue weighted by molar-refractivity contribution is 5.24. The first-order valence-electron chi connectivity index (χ1n) is 5.50. The molecule has 0 amide bonds. The maximum atomic E-state index is 4.35. The molecular formula is C13H14N2. The van der Waals surface area contributed by atoms with Crippen molar-refractivity contribution in [1.29, 1.82) is 0 Å². The van der Waals surface area contributed by atoms with E-state index in [1.165, 1.54) is 29.8 Å². The Morgan fingerprint density at radius 1 is 1.20 bits per heavy atom. The molecule has 0 radical (unpaired) electrons. The van der Waals surface area contributed by atoms with Gasteiger partial charge in [-0.05, 0) is 24.5 Å². The third-order valence-corrected chi connectivity index (χ3v) is 2.88. The lowest BCUT2D eigenvalue weighted by molar-refractivity contribution is 0.939. The topological polar surface area (TPSA) is 28.7 Å². The Morgan fingerprint density at radius 3 is 2.73 bits per heavy atom. The van der Waals surface area contributed by atoms with Gasteiger partial charge in [-0.15, -0.1) is 0 Å². The molecule has 2 heteroatoms. The normalized spacial score (nSPS) is 15.5. The van der Waals surface area contributed by atoms with Crippen molar-refractivity contribution in [1.82, 2.24) is 10.2 Å². The Balaban J connectivity index is 1.76. The Morgan fingerprint density at radius 2 is 2.00 bits per heavy atom. The van der Waals surface area contributed by atoms with Gasteiger partial charge in [0, 0.05) is 18.0 Å². The third-order valence-electron chi connectivity index (χ3n) is 2.88. The standard InChI is InChI=1S/C13H14N2/c1-2-4-10(5-3-1)8-12-9-13(15-14-12)11-6-7-11/h1-5,9,11H,6-8H2,(H,14,15). The highest BCUT2D eigenvalue weighted by Crippen LogP contribution is 2.39. The fourth-order valence-corrected chi connectivity index (χ4v) is 1.87. The van der Waals surface area contributed by atoms with E-state index in [9.17, 15) is 0 Å². The van der Waals surface area contributed by atoms with Crippen molar-refractivity contribution >= 4 is 0 Å². The van der Waals surface area contributed by atoms with Crippen LogP contribution >= 0.6 is 0 Å². The van der Waals surface area contributed by atoms with Crippen LogP contribution in [0.1, 0.15) is 35.7 Å². The first-order chi connectivity index (χ1) is 7.42. The van der Waals surface area contributed by atoms with E-state index in [1.54, 1.807) is 0 Å². The predicted molar refractivity (Wildman–Crippen MR) is 59.8 cm³/mol. The van der Waals surface area contributed by atoms with Gasteiger partial charge in [0.25, 0.3) is 0 Å². The molecule has 1 aliphatic carbocycles. The van der Waals surface area contributed by atoms with Gasteiger partial charge in [-0.3, -0.25) is 5.10 Å². The second-order valence-electron chi connectivity index (χ2n) is 4.25. The molecule has 1 aromatic carbocycles. The molecule has 0 atom stereocenters. The number of H-pyrrole nitrogens is 1. The van der Waals surface area contributed by atoms with Crippen LogP contribution < -0.4 is 0 Å². The maximum absolute atomic E-state index is 4.35. The minimum atomic E-state index is 0.741. The minimum Gasteiger partial charge on any atom is -0.282 e. The second kappa shape index (κ2) is 3.54. The number of nitrogens with one attached hydrogen (secondary N) is 1. The molecule has 1 fully saturated rings. The molecule has 15 heavy (non-hydrogen) atoms. The van der Waals surface area contributed by atoms with Crippen molar-refractivity contribution in [2.45, 2.75) is 25.2 Å². The van der Waals surface area contributed by atoms with Crippen LogP contribution in [0.3, 0.4) is 0 Å². The summed E-state index contributed by atoms with van der Waals surface area (Å²) in [6.45, 7) is 0. The Kier molecular flexibility index (Phi) is 2.05. The summed E-state index contributed by atoms with van der Waals surface area (Å²) in [6.07, 6.45) is 3.59. The fourth-order valence-electron chi connectivity index (χ4n) is 1.87. The van der Waals surface area contributed by atoms with Crippen LogP contribution in [-0.4, -0.2) is 10.2 Å². The van der Waals surface area contributed by atoms with E-state index < -0.39 is 0 Å². The smallest absolute Gasteiger partial charge is 0.0655 e. The van der Waals surface area contributed by atoms with E-state index in [0.29, 0.717) is 0 Å². The lowest BCUT2D eigenvalue weighted by Gasteiger charge is -1.96. The molecule has 0 unspecified atom stereocenters. The molecule has 0 bridgehead atoms. The van der Waals surface area contributed by atoms with Crippen molar-refractivity contribution in [3.63, 3.8) is 0 Å². The number of rotatable bonds is 3. The maximum Gasteiger partial charge on any atom is 0.0655 e. The number of benzene rings is 1. The molecule has 76 valence electrons. The van der Waals surface area contributed by atoms with Crippen molar-refractivity contribution in [2.75, 3.05) is 0 Å². The molecule has 2 nitrogen and oxygen atoms in total. The van der Waals surface area contributed by atoms with E-state index in [0.717, 1.165) is 12.3 Å². The van der Waals surface area contributed by atoms with Crippen LogP contribution in [-0.2, 0) is 6.42 Å². The van der Waals surface area contributed by atoms with Crippen molar-refractivity contribution < 1.29 is 0 Å². The molecule has 3 rings (SSSR count). The first-order valence-corrected chi connectivity index (χ1v) is 5.50. The molecule has 1 aromatic heterocycles. The summed E-state index contributed by atoms with van der Waals surface area (Å²) in [6, 6.07) is 12.7. The van der Waals surface area contributed by atoms with Crippen LogP contribution in [0.15, 0.2) is 36.4 Å². The lowest BCUT2D eigenvalue weighted by Crippen LogP contribution is -1.87. The number of aromatic amines is 1. The Bertz CT molecular complexity index is 441. The fraction of sp³-hybridized carbons (Fsp3) is 0.308. The predicted octanol–water partition coefficient (Wildman–Crippen LogP) is 2.88. The van der Waals surface area contributed by atoms with Gasteiger partial charge in [0.05, 0.1) is 5.69 Å². The number of hydrogen-bond acceptors (Lipinski definition) is 1. The molecule has 2 aromatic rings. The summed E-state index contributed by atoms with van der Waals surface area (Å²) < 4.78 is 0. The Hall–Kier alpha value is -1.57. The highest BCUT2D eigenvalue weighted by Gasteiger charge is 2.25. The largest absolute Gasteiger partial charge is 0.282 e. The van der Waals surface area contributed by atoms with Crippen LogP contribution in [0.25, 0.3) is 0 Å². The van der Waals surface area contributed by atoms with Gasteiger partial charge < -0.3 is 0 Å². The summed E-state index contributed by atoms with van der Waals surface area (Å²) in [4.78, 5) is 0. The zero-order valence-electron chi connectivity index (χ0n) is 8.61. The first kappa shape index (κ1) is 8.72. The highest BCUT2D eigenvalue weighted by atomic mass is 15.1. The molecule has 1 heterocycles. The van der Waals surface area contributed by atoms with E-state index in [-0.39, 0.29) is 0 Å². The van der Waals surface area contributed by atoms with Crippen LogP contribution in [0.2, 0.25) is 0 Å². The molecule has 0 aliphatic heterocycles. The summed E-state index contributed by atoms with van der Waals surface area (Å²) in [5.41, 5.74) is 3.81. The quantitative estimate of drug-likeness (QED) is 0.807. The van der Waals surface area contributed by atoms with Gasteiger partial charge in [0.15, 0.2) is 0 Å². The molecular weight excluding hydrogens is 184 g/mol. The zero-order chi connectivity index (χ0) is 10.1. The van der Waals surface area contributed by atoms with Crippen molar-refractivity contribution in [3.8, 4) is 0 Å². The van der Waals surface area contributed by atoms with Gasteiger partial charge in [0.2, 0.25) is 0 Å². The van der Waals surface area contributed by atoms with E-state index in [2.05, 4.69) is 40.5 Å². The van der Waals surface area contributed by atoms with Crippen molar-refractivity contribution in [3.05, 3.63) is 53.3 Å². The average Bonchev–Trinajstić information content (AvgIpc) is 3.02. The monoisotopic (exact) mass is 198 g/mol. The van der Waals surface area contributed by atoms with Crippen LogP contribution in [0.4, 0.5) is 0 Å². The van der Waals surface area contributed by atoms with Gasteiger partial charge >= 0.3 is 0 Å². The van der Waals surface area contributed by atoms with Crippen LogP contribution in [0, 0.1) is 0 Å². The SMILES string of the molecule is c1ccc(Cc2cc(C3CC3)n[nH]2)cc1. The van der Waals surface area contributed by atoms with Crippen LogP contribution in [0.5, 0.6) is 0 Å². The second-order valence-corrected chi connectivity index (χ2v) is 4.25. The third kappa shape index (κ3) is 1.94. The molecule has 1 saturated carbocycles. The van der Waals surface area contributed by atoms with Gasteiger partial charge in [-0.25, -0.2) is 0 Å². The van der Waals surface area contributed by atoms with E-state index >= 15 is 0 Å². The number of hydrogen-bond donors (Lipinski definition) is 1. The lowest BCUT2D eigenvalue weighted by atomic mass is 10.1. The van der Waals surface area contributed by atoms with Crippen molar-refractivity contribution in [2.24, 2.45) is 0 Å². The molecule has 1 aliphatic rings. The summed E-state index contributed by atoms with van der Waals surface area (Å²) in [5, 5.41) is 7.47. The molecule has 0 saturated heterocycles. The Labute approximate surface area is 89.3 Å². The number of nitrogens with zero attached hydrogens (tertiary/aromatic N) is 1. The summed E-state index contributed by atoms with van der Waals surface area (Å²) >= 11 is 0. The number of aromatic nitrogens is 2. The van der Waals surface area contributed by atoms with Gasteiger partial charge in [0.1, 0.15) is 0 Å². The summed E-state index contributed by atoms with van der Waals surface area (Å²) in [7, 11) is 0. The molecule has 0 spiro atoms. The van der Waals surface area contributed by atoms with Gasteiger partial charge in [-0.2, -0.15) is 5.10 Å².